The van der Waals surface area contributed by atoms with Gasteiger partial charge in [-0.15, -0.1) is 0 Å². The topological polar surface area (TPSA) is 34.1 Å². The summed E-state index contributed by atoms with van der Waals surface area (Å²) in [6.07, 6.45) is 0.780. The molecular weight excluding hydrogens is 180 g/mol. The van der Waals surface area contributed by atoms with E-state index in [0.717, 1.165) is 6.42 Å². The van der Waals surface area contributed by atoms with Gasteiger partial charge in [0, 0.05) is 0 Å². The third kappa shape index (κ3) is 0.817. The normalized spacial score (nSPS) is 37.0. The summed E-state index contributed by atoms with van der Waals surface area (Å²) >= 11 is 2.99. The summed E-state index contributed by atoms with van der Waals surface area (Å²) in [7, 11) is -2.64. The van der Waals surface area contributed by atoms with Crippen molar-refractivity contribution in [2.24, 2.45) is 0 Å². The number of halogens is 1. The van der Waals surface area contributed by atoms with Crippen LogP contribution in [0.25, 0.3) is 0 Å². The van der Waals surface area contributed by atoms with Gasteiger partial charge in [-0.25, -0.2) is 8.42 Å². The van der Waals surface area contributed by atoms with Crippen molar-refractivity contribution in [2.75, 3.05) is 5.75 Å². The molecule has 0 radical (unpaired) electrons. The molecule has 0 aromatic rings. The van der Waals surface area contributed by atoms with Crippen molar-refractivity contribution in [1.82, 2.24) is 0 Å². The van der Waals surface area contributed by atoms with E-state index in [1.54, 1.807) is 0 Å². The Morgan fingerprint density at radius 2 is 2.00 bits per heavy atom. The van der Waals surface area contributed by atoms with Crippen LogP contribution in [0.2, 0.25) is 0 Å². The molecule has 1 fully saturated rings. The number of rotatable bonds is 0. The third-order valence-corrected chi connectivity index (χ3v) is 5.01. The highest BCUT2D eigenvalue weighted by Gasteiger charge is 2.32. The van der Waals surface area contributed by atoms with Crippen molar-refractivity contribution in [2.45, 2.75) is 10.6 Å². The molecule has 4 heteroatoms. The minimum atomic E-state index is -2.64. The number of hydrogen-bond donors (Lipinski definition) is 0. The predicted molar refractivity (Wildman–Crippen MR) is 31.1 cm³/mol. The van der Waals surface area contributed by atoms with Gasteiger partial charge < -0.3 is 0 Å². The molecule has 0 aliphatic carbocycles. The number of alkyl halides is 1. The third-order valence-electron chi connectivity index (χ3n) is 1.02. The Morgan fingerprint density at radius 1 is 1.57 bits per heavy atom. The van der Waals surface area contributed by atoms with Crippen molar-refractivity contribution < 1.29 is 8.42 Å². The lowest BCUT2D eigenvalue weighted by molar-refractivity contribution is 0.576. The van der Waals surface area contributed by atoms with Crippen LogP contribution in [0, 0.1) is 0 Å². The fourth-order valence-corrected chi connectivity index (χ4v) is 2.32. The summed E-state index contributed by atoms with van der Waals surface area (Å²) in [6, 6.07) is 0. The largest absolute Gasteiger partial charge is 0.228 e. The zero-order valence-corrected chi connectivity index (χ0v) is 6.00. The molecule has 0 aromatic heterocycles. The van der Waals surface area contributed by atoms with Crippen LogP contribution in [0.4, 0.5) is 0 Å². The van der Waals surface area contributed by atoms with E-state index < -0.39 is 9.84 Å². The average molecular weight is 185 g/mol. The number of sulfone groups is 1. The van der Waals surface area contributed by atoms with E-state index in [4.69, 9.17) is 0 Å². The second kappa shape index (κ2) is 1.45. The fraction of sp³-hybridized carbons (Fsp3) is 1.00. The van der Waals surface area contributed by atoms with E-state index in [2.05, 4.69) is 15.9 Å². The molecular formula is C3H5BrO2S. The van der Waals surface area contributed by atoms with Crippen molar-refractivity contribution >= 4 is 25.8 Å². The van der Waals surface area contributed by atoms with Crippen LogP contribution in [0.15, 0.2) is 0 Å². The van der Waals surface area contributed by atoms with Crippen LogP contribution in [0.5, 0.6) is 0 Å². The first-order valence-corrected chi connectivity index (χ1v) is 4.62. The van der Waals surface area contributed by atoms with Gasteiger partial charge >= 0.3 is 0 Å². The van der Waals surface area contributed by atoms with Gasteiger partial charge in [-0.1, -0.05) is 15.9 Å². The van der Waals surface area contributed by atoms with E-state index in [-0.39, 0.29) is 4.16 Å². The Bertz CT molecular complexity index is 160. The summed E-state index contributed by atoms with van der Waals surface area (Å²) in [5.74, 6) is 0.364. The van der Waals surface area contributed by atoms with E-state index in [1.165, 1.54) is 0 Å². The van der Waals surface area contributed by atoms with Crippen LogP contribution < -0.4 is 0 Å². The molecule has 42 valence electrons. The Labute approximate surface area is 51.0 Å². The van der Waals surface area contributed by atoms with E-state index >= 15 is 0 Å². The predicted octanol–water partition coefficient (Wildman–Crippen LogP) is 0.526. The SMILES string of the molecule is O=S1(=O)CCC1Br. The summed E-state index contributed by atoms with van der Waals surface area (Å²) < 4.78 is 20.5. The quantitative estimate of drug-likeness (QED) is 0.515. The maximum absolute atomic E-state index is 10.4. The molecule has 0 spiro atoms. The van der Waals surface area contributed by atoms with Crippen molar-refractivity contribution in [3.8, 4) is 0 Å². The van der Waals surface area contributed by atoms with Crippen molar-refractivity contribution in [1.29, 1.82) is 0 Å². The van der Waals surface area contributed by atoms with E-state index in [9.17, 15) is 8.42 Å². The van der Waals surface area contributed by atoms with Gasteiger partial charge in [0.05, 0.1) is 5.75 Å². The first-order valence-electron chi connectivity index (χ1n) is 1.98. The summed E-state index contributed by atoms with van der Waals surface area (Å²) in [4.78, 5) is 0. The first kappa shape index (κ1) is 5.56. The van der Waals surface area contributed by atoms with Crippen LogP contribution >= 0.6 is 15.9 Å². The molecule has 1 atom stereocenters. The Kier molecular flexibility index (Phi) is 1.15. The summed E-state index contributed by atoms with van der Waals surface area (Å²) in [5, 5.41) is 0. The highest BCUT2D eigenvalue weighted by molar-refractivity contribution is 9.11. The smallest absolute Gasteiger partial charge is 0.163 e. The molecule has 0 N–H and O–H groups in total. The lowest BCUT2D eigenvalue weighted by Gasteiger charge is -2.18. The van der Waals surface area contributed by atoms with Crippen LogP contribution in [-0.2, 0) is 9.84 Å². The fourth-order valence-electron chi connectivity index (χ4n) is 0.399. The van der Waals surface area contributed by atoms with Crippen LogP contribution in [0.3, 0.4) is 0 Å². The van der Waals surface area contributed by atoms with E-state index in [1.807, 2.05) is 0 Å². The monoisotopic (exact) mass is 184 g/mol. The molecule has 1 heterocycles. The van der Waals surface area contributed by atoms with Gasteiger partial charge in [-0.05, 0) is 6.42 Å². The Morgan fingerprint density at radius 3 is 2.00 bits per heavy atom. The standard InChI is InChI=1S/C3H5BrO2S/c4-3-1-2-7(3,5)6/h3H,1-2H2. The molecule has 2 nitrogen and oxygen atoms in total. The number of hydrogen-bond acceptors (Lipinski definition) is 2. The molecule has 1 rings (SSSR count). The van der Waals surface area contributed by atoms with Crippen LogP contribution in [-0.4, -0.2) is 18.3 Å². The molecule has 7 heavy (non-hydrogen) atoms. The van der Waals surface area contributed by atoms with Gasteiger partial charge in [0.15, 0.2) is 9.84 Å². The van der Waals surface area contributed by atoms with Crippen LogP contribution in [0.1, 0.15) is 6.42 Å². The average Bonchev–Trinajstić information content (AvgIpc) is 1.63. The minimum Gasteiger partial charge on any atom is -0.228 e. The Hall–Kier alpha value is 0.430. The second-order valence-electron chi connectivity index (χ2n) is 1.57. The minimum absolute atomic E-state index is 0.236. The molecule has 0 amide bonds. The van der Waals surface area contributed by atoms with Gasteiger partial charge in [0.1, 0.15) is 4.16 Å². The summed E-state index contributed by atoms with van der Waals surface area (Å²) in [6.45, 7) is 0. The molecule has 1 aliphatic rings. The molecule has 1 aliphatic heterocycles. The zero-order valence-electron chi connectivity index (χ0n) is 3.59. The molecule has 0 aromatic carbocycles. The lowest BCUT2D eigenvalue weighted by Crippen LogP contribution is -2.30. The van der Waals surface area contributed by atoms with Gasteiger partial charge in [0.2, 0.25) is 0 Å². The highest BCUT2D eigenvalue weighted by Crippen LogP contribution is 2.25. The molecule has 0 saturated carbocycles. The maximum Gasteiger partial charge on any atom is 0.163 e. The lowest BCUT2D eigenvalue weighted by atomic mass is 10.5. The Balaban J connectivity index is 2.79. The first-order chi connectivity index (χ1) is 3.13. The van der Waals surface area contributed by atoms with Gasteiger partial charge in [0.25, 0.3) is 0 Å². The van der Waals surface area contributed by atoms with Crippen molar-refractivity contribution in [3.05, 3.63) is 0 Å². The van der Waals surface area contributed by atoms with Gasteiger partial charge in [-0.2, -0.15) is 0 Å². The maximum atomic E-state index is 10.4. The van der Waals surface area contributed by atoms with Crippen molar-refractivity contribution in [3.63, 3.8) is 0 Å². The van der Waals surface area contributed by atoms with E-state index in [0.29, 0.717) is 5.75 Å². The highest BCUT2D eigenvalue weighted by atomic mass is 79.9. The molecule has 1 unspecified atom stereocenters. The summed E-state index contributed by atoms with van der Waals surface area (Å²) in [5.41, 5.74) is 0. The zero-order chi connectivity index (χ0) is 5.49. The molecule has 1 saturated heterocycles. The van der Waals surface area contributed by atoms with Gasteiger partial charge in [-0.3, -0.25) is 0 Å². The molecule has 0 bridgehead atoms. The second-order valence-corrected chi connectivity index (χ2v) is 5.58.